The molecule has 140 valence electrons. The molecule has 0 aliphatic rings. The van der Waals surface area contributed by atoms with Crippen molar-refractivity contribution in [3.8, 4) is 11.6 Å². The van der Waals surface area contributed by atoms with E-state index in [1.54, 1.807) is 0 Å². The standard InChI is InChI=1S/C16H13ClF4N2O3/c1-4-25-15(24)11-7(2)12(17)13(16(19,20)21)23-14(11)26-9-5-6-10(18)22-8(9)3/h5-6H,4H2,1-3H3. The lowest BCUT2D eigenvalue weighted by Gasteiger charge is -2.17. The van der Waals surface area contributed by atoms with Crippen LogP contribution in [0.2, 0.25) is 5.02 Å². The minimum atomic E-state index is -4.87. The topological polar surface area (TPSA) is 61.3 Å². The molecule has 0 aliphatic carbocycles. The number of carbonyl (C=O) groups is 1. The van der Waals surface area contributed by atoms with Crippen molar-refractivity contribution >= 4 is 17.6 Å². The zero-order chi connectivity index (χ0) is 19.6. The molecule has 0 spiro atoms. The van der Waals surface area contributed by atoms with E-state index in [9.17, 15) is 22.4 Å². The molecule has 2 rings (SSSR count). The fourth-order valence-electron chi connectivity index (χ4n) is 2.09. The predicted octanol–water partition coefficient (Wildman–Crippen LogP) is 4.87. The monoisotopic (exact) mass is 392 g/mol. The molecule has 0 saturated heterocycles. The largest absolute Gasteiger partial charge is 0.462 e. The maximum atomic E-state index is 13.2. The van der Waals surface area contributed by atoms with Gasteiger partial charge in [0.25, 0.3) is 0 Å². The Bertz CT molecular complexity index is 856. The summed E-state index contributed by atoms with van der Waals surface area (Å²) in [5.41, 5.74) is -1.90. The number of halogens is 5. The van der Waals surface area contributed by atoms with Crippen molar-refractivity contribution in [3.63, 3.8) is 0 Å². The van der Waals surface area contributed by atoms with Gasteiger partial charge in [0.15, 0.2) is 11.4 Å². The molecule has 2 aromatic rings. The van der Waals surface area contributed by atoms with Crippen LogP contribution in [0.4, 0.5) is 17.6 Å². The zero-order valence-corrected chi connectivity index (χ0v) is 14.6. The first-order valence-corrected chi connectivity index (χ1v) is 7.69. The minimum absolute atomic E-state index is 0.0204. The van der Waals surface area contributed by atoms with Crippen molar-refractivity contribution in [2.24, 2.45) is 0 Å². The molecule has 0 radical (unpaired) electrons. The fraction of sp³-hybridized carbons (Fsp3) is 0.312. The molecule has 2 aromatic heterocycles. The van der Waals surface area contributed by atoms with Gasteiger partial charge in [0, 0.05) is 0 Å². The van der Waals surface area contributed by atoms with Crippen LogP contribution in [0.5, 0.6) is 11.6 Å². The van der Waals surface area contributed by atoms with Crippen LogP contribution in [0, 0.1) is 19.8 Å². The van der Waals surface area contributed by atoms with Crippen LogP contribution < -0.4 is 4.74 Å². The second-order valence-corrected chi connectivity index (χ2v) is 5.50. The third-order valence-electron chi connectivity index (χ3n) is 3.30. The van der Waals surface area contributed by atoms with Gasteiger partial charge in [-0.05, 0) is 38.5 Å². The van der Waals surface area contributed by atoms with Crippen LogP contribution >= 0.6 is 11.6 Å². The highest BCUT2D eigenvalue weighted by molar-refractivity contribution is 6.32. The first-order chi connectivity index (χ1) is 12.1. The number of alkyl halides is 3. The number of hydrogen-bond donors (Lipinski definition) is 0. The van der Waals surface area contributed by atoms with Crippen LogP contribution in [0.3, 0.4) is 0 Å². The summed E-state index contributed by atoms with van der Waals surface area (Å²) in [6.07, 6.45) is -4.87. The highest BCUT2D eigenvalue weighted by Crippen LogP contribution is 2.40. The smallest absolute Gasteiger partial charge is 0.434 e. The van der Waals surface area contributed by atoms with Crippen molar-refractivity contribution in [2.45, 2.75) is 26.9 Å². The SMILES string of the molecule is CCOC(=O)c1c(Oc2ccc(F)nc2C)nc(C(F)(F)F)c(Cl)c1C. The summed E-state index contributed by atoms with van der Waals surface area (Å²) < 4.78 is 62.8. The molecule has 0 aliphatic heterocycles. The van der Waals surface area contributed by atoms with E-state index in [1.807, 2.05) is 0 Å². The Morgan fingerprint density at radius 3 is 2.42 bits per heavy atom. The van der Waals surface area contributed by atoms with E-state index in [2.05, 4.69) is 9.97 Å². The number of aromatic nitrogens is 2. The normalized spacial score (nSPS) is 11.4. The van der Waals surface area contributed by atoms with Gasteiger partial charge in [0.1, 0.15) is 5.56 Å². The van der Waals surface area contributed by atoms with Crippen LogP contribution in [-0.2, 0) is 10.9 Å². The third kappa shape index (κ3) is 4.04. The maximum Gasteiger partial charge on any atom is 0.434 e. The molecule has 0 unspecified atom stereocenters. The first kappa shape index (κ1) is 19.9. The molecule has 0 saturated carbocycles. The first-order valence-electron chi connectivity index (χ1n) is 7.31. The minimum Gasteiger partial charge on any atom is -0.462 e. The number of esters is 1. The Balaban J connectivity index is 2.67. The maximum absolute atomic E-state index is 13.2. The van der Waals surface area contributed by atoms with Crippen molar-refractivity contribution in [1.29, 1.82) is 0 Å². The predicted molar refractivity (Wildman–Crippen MR) is 83.9 cm³/mol. The van der Waals surface area contributed by atoms with E-state index in [4.69, 9.17) is 21.1 Å². The molecule has 0 atom stereocenters. The Morgan fingerprint density at radius 1 is 1.23 bits per heavy atom. The molecule has 10 heteroatoms. The highest BCUT2D eigenvalue weighted by atomic mass is 35.5. The molecule has 2 heterocycles. The van der Waals surface area contributed by atoms with Gasteiger partial charge in [0.05, 0.1) is 17.3 Å². The Hall–Kier alpha value is -2.42. The van der Waals surface area contributed by atoms with Gasteiger partial charge >= 0.3 is 12.1 Å². The zero-order valence-electron chi connectivity index (χ0n) is 13.9. The fourth-order valence-corrected chi connectivity index (χ4v) is 2.33. The van der Waals surface area contributed by atoms with Gasteiger partial charge < -0.3 is 9.47 Å². The van der Waals surface area contributed by atoms with Crippen molar-refractivity contribution in [3.05, 3.63) is 45.6 Å². The van der Waals surface area contributed by atoms with Crippen molar-refractivity contribution in [1.82, 2.24) is 9.97 Å². The van der Waals surface area contributed by atoms with Gasteiger partial charge in [-0.1, -0.05) is 11.6 Å². The molecule has 0 fully saturated rings. The van der Waals surface area contributed by atoms with Gasteiger partial charge in [-0.2, -0.15) is 17.6 Å². The number of ether oxygens (including phenoxy) is 2. The molecule has 5 nitrogen and oxygen atoms in total. The molecular weight excluding hydrogens is 380 g/mol. The van der Waals surface area contributed by atoms with Gasteiger partial charge in [0.2, 0.25) is 11.8 Å². The van der Waals surface area contributed by atoms with E-state index in [0.717, 1.165) is 12.1 Å². The summed E-state index contributed by atoms with van der Waals surface area (Å²) in [6.45, 7) is 4.11. The molecule has 0 N–H and O–H groups in total. The Labute approximate surface area is 150 Å². The average Bonchev–Trinajstić information content (AvgIpc) is 2.52. The summed E-state index contributed by atoms with van der Waals surface area (Å²) in [4.78, 5) is 19.0. The number of rotatable bonds is 4. The van der Waals surface area contributed by atoms with Crippen molar-refractivity contribution < 1.29 is 31.8 Å². The summed E-state index contributed by atoms with van der Waals surface area (Å²) >= 11 is 5.75. The molecule has 26 heavy (non-hydrogen) atoms. The molecular formula is C16H13ClF4N2O3. The van der Waals surface area contributed by atoms with E-state index in [0.29, 0.717) is 0 Å². The van der Waals surface area contributed by atoms with Gasteiger partial charge in [-0.3, -0.25) is 0 Å². The van der Waals surface area contributed by atoms with Crippen LogP contribution in [0.25, 0.3) is 0 Å². The van der Waals surface area contributed by atoms with E-state index in [1.165, 1.54) is 20.8 Å². The summed E-state index contributed by atoms with van der Waals surface area (Å²) in [5.74, 6) is -2.47. The Morgan fingerprint density at radius 2 is 1.88 bits per heavy atom. The number of nitrogens with zero attached hydrogens (tertiary/aromatic N) is 2. The van der Waals surface area contributed by atoms with Crippen LogP contribution in [0.15, 0.2) is 12.1 Å². The summed E-state index contributed by atoms with van der Waals surface area (Å²) in [6, 6.07) is 2.12. The van der Waals surface area contributed by atoms with E-state index >= 15 is 0 Å². The number of aryl methyl sites for hydroxylation is 1. The number of pyridine rings is 2. The molecule has 0 amide bonds. The van der Waals surface area contributed by atoms with Gasteiger partial charge in [-0.25, -0.2) is 14.8 Å². The van der Waals surface area contributed by atoms with E-state index in [-0.39, 0.29) is 29.2 Å². The second-order valence-electron chi connectivity index (χ2n) is 5.12. The third-order valence-corrected chi connectivity index (χ3v) is 3.76. The van der Waals surface area contributed by atoms with Gasteiger partial charge in [-0.15, -0.1) is 0 Å². The number of carbonyl (C=O) groups excluding carboxylic acids is 1. The molecule has 0 aromatic carbocycles. The second kappa shape index (κ2) is 7.45. The summed E-state index contributed by atoms with van der Waals surface area (Å²) in [7, 11) is 0. The quantitative estimate of drug-likeness (QED) is 0.422. The molecule has 0 bridgehead atoms. The number of hydrogen-bond acceptors (Lipinski definition) is 5. The van der Waals surface area contributed by atoms with Crippen LogP contribution in [0.1, 0.15) is 34.2 Å². The Kier molecular flexibility index (Phi) is 5.70. The lowest BCUT2D eigenvalue weighted by atomic mass is 10.1. The summed E-state index contributed by atoms with van der Waals surface area (Å²) in [5, 5.41) is -0.734. The lowest BCUT2D eigenvalue weighted by Crippen LogP contribution is -2.16. The van der Waals surface area contributed by atoms with Crippen LogP contribution in [-0.4, -0.2) is 22.5 Å². The van der Waals surface area contributed by atoms with Crippen molar-refractivity contribution in [2.75, 3.05) is 6.61 Å². The highest BCUT2D eigenvalue weighted by Gasteiger charge is 2.39. The average molecular weight is 393 g/mol. The van der Waals surface area contributed by atoms with E-state index < -0.39 is 34.7 Å². The lowest BCUT2D eigenvalue weighted by molar-refractivity contribution is -0.141.